The summed E-state index contributed by atoms with van der Waals surface area (Å²) in [7, 11) is 0. The van der Waals surface area contributed by atoms with Gasteiger partial charge in [-0.25, -0.2) is 4.98 Å². The second kappa shape index (κ2) is 6.50. The molecule has 0 N–H and O–H groups in total. The molecule has 2 aromatic rings. The van der Waals surface area contributed by atoms with Gasteiger partial charge in [-0.15, -0.1) is 11.6 Å². The van der Waals surface area contributed by atoms with Crippen molar-refractivity contribution in [2.45, 2.75) is 12.3 Å². The van der Waals surface area contributed by atoms with Crippen molar-refractivity contribution < 1.29 is 13.9 Å². The quantitative estimate of drug-likeness (QED) is 0.786. The molecule has 1 aromatic carbocycles. The molecule has 0 radical (unpaired) electrons. The predicted molar refractivity (Wildman–Crippen MR) is 79.3 cm³/mol. The summed E-state index contributed by atoms with van der Waals surface area (Å²) >= 11 is 5.73. The Labute approximate surface area is 127 Å². The molecule has 108 valence electrons. The minimum absolute atomic E-state index is 0.236. The van der Waals surface area contributed by atoms with E-state index in [2.05, 4.69) is 17.1 Å². The third-order valence-corrected chi connectivity index (χ3v) is 3.30. The molecule has 1 aliphatic rings. The van der Waals surface area contributed by atoms with Gasteiger partial charge >= 0.3 is 0 Å². The third-order valence-electron chi connectivity index (χ3n) is 3.03. The van der Waals surface area contributed by atoms with Crippen LogP contribution < -0.4 is 0 Å². The Kier molecular flexibility index (Phi) is 4.26. The molecular weight excluding hydrogens is 290 g/mol. The van der Waals surface area contributed by atoms with E-state index in [0.29, 0.717) is 29.6 Å². The van der Waals surface area contributed by atoms with Crippen LogP contribution in [0.2, 0.25) is 0 Å². The number of aromatic nitrogens is 1. The van der Waals surface area contributed by atoms with Gasteiger partial charge in [-0.1, -0.05) is 30.3 Å². The van der Waals surface area contributed by atoms with Gasteiger partial charge in [0.05, 0.1) is 11.6 Å². The highest BCUT2D eigenvalue weighted by Crippen LogP contribution is 2.23. The maximum absolute atomic E-state index is 5.73. The zero-order valence-corrected chi connectivity index (χ0v) is 12.0. The van der Waals surface area contributed by atoms with Crippen LogP contribution >= 0.6 is 11.6 Å². The van der Waals surface area contributed by atoms with E-state index >= 15 is 0 Å². The second-order valence-electron chi connectivity index (χ2n) is 4.55. The fourth-order valence-corrected chi connectivity index (χ4v) is 2.16. The van der Waals surface area contributed by atoms with Crippen molar-refractivity contribution in [3.05, 3.63) is 71.3 Å². The van der Waals surface area contributed by atoms with Crippen LogP contribution in [0, 0.1) is 0 Å². The molecule has 1 aromatic heterocycles. The van der Waals surface area contributed by atoms with Gasteiger partial charge in [0, 0.05) is 18.1 Å². The average Bonchev–Trinajstić information content (AvgIpc) is 3.19. The van der Waals surface area contributed by atoms with Gasteiger partial charge < -0.3 is 13.9 Å². The molecule has 21 heavy (non-hydrogen) atoms. The lowest BCUT2D eigenvalue weighted by molar-refractivity contribution is 0.0830. The van der Waals surface area contributed by atoms with E-state index in [4.69, 9.17) is 25.5 Å². The van der Waals surface area contributed by atoms with Gasteiger partial charge in [-0.2, -0.15) is 0 Å². The molecule has 5 heteroatoms. The number of hydrogen-bond acceptors (Lipinski definition) is 4. The van der Waals surface area contributed by atoms with Gasteiger partial charge in [0.2, 0.25) is 12.7 Å². The van der Waals surface area contributed by atoms with Gasteiger partial charge in [-0.05, 0) is 5.56 Å². The molecule has 0 fully saturated rings. The third kappa shape index (κ3) is 3.47. The van der Waals surface area contributed by atoms with Crippen molar-refractivity contribution in [2.75, 3.05) is 6.79 Å². The van der Waals surface area contributed by atoms with Crippen LogP contribution in [0.1, 0.15) is 17.1 Å². The van der Waals surface area contributed by atoms with Crippen LogP contribution in [0.5, 0.6) is 0 Å². The van der Waals surface area contributed by atoms with Crippen molar-refractivity contribution in [1.82, 2.24) is 4.98 Å². The summed E-state index contributed by atoms with van der Waals surface area (Å²) in [6.07, 6.45) is 5.72. The van der Waals surface area contributed by atoms with Gasteiger partial charge in [0.25, 0.3) is 0 Å². The van der Waals surface area contributed by atoms with E-state index in [9.17, 15) is 0 Å². The lowest BCUT2D eigenvalue weighted by atomic mass is 10.0. The molecule has 0 aliphatic carbocycles. The molecule has 4 nitrogen and oxygen atoms in total. The number of rotatable bonds is 5. The summed E-state index contributed by atoms with van der Waals surface area (Å²) in [5, 5.41) is 0. The monoisotopic (exact) mass is 303 g/mol. The van der Waals surface area contributed by atoms with E-state index < -0.39 is 0 Å². The maximum atomic E-state index is 5.73. The zero-order chi connectivity index (χ0) is 14.5. The number of halogens is 1. The number of alkyl halides is 1. The number of nitrogens with zero attached hydrogens (tertiary/aromatic N) is 1. The molecule has 0 bridgehead atoms. The van der Waals surface area contributed by atoms with Crippen molar-refractivity contribution >= 4 is 17.7 Å². The minimum atomic E-state index is 0.236. The largest absolute Gasteiger partial charge is 0.461 e. The Hall–Kier alpha value is -2.20. The Morgan fingerprint density at radius 1 is 1.29 bits per heavy atom. The molecule has 3 rings (SSSR count). The van der Waals surface area contributed by atoms with E-state index in [1.807, 2.05) is 24.3 Å². The highest BCUT2D eigenvalue weighted by molar-refractivity contribution is 6.16. The lowest BCUT2D eigenvalue weighted by Gasteiger charge is -2.07. The van der Waals surface area contributed by atoms with Crippen molar-refractivity contribution in [3.8, 4) is 0 Å². The molecule has 0 spiro atoms. The highest BCUT2D eigenvalue weighted by Gasteiger charge is 2.14. The summed E-state index contributed by atoms with van der Waals surface area (Å²) in [6, 6.07) is 10.1. The van der Waals surface area contributed by atoms with Crippen LogP contribution in [-0.2, 0) is 21.8 Å². The molecule has 0 atom stereocenters. The summed E-state index contributed by atoms with van der Waals surface area (Å²) in [5.74, 6) is 1.53. The molecular formula is C16H14ClNO3. The summed E-state index contributed by atoms with van der Waals surface area (Å²) < 4.78 is 16.0. The summed E-state index contributed by atoms with van der Waals surface area (Å²) in [5.41, 5.74) is 2.82. The van der Waals surface area contributed by atoms with Crippen molar-refractivity contribution in [1.29, 1.82) is 0 Å². The highest BCUT2D eigenvalue weighted by atomic mass is 35.5. The summed E-state index contributed by atoms with van der Waals surface area (Å²) in [6.45, 7) is 0.236. The zero-order valence-electron chi connectivity index (χ0n) is 11.3. The molecule has 1 aliphatic heterocycles. The number of benzene rings is 1. The number of allylic oxidation sites excluding steroid dienone is 1. The first-order valence-electron chi connectivity index (χ1n) is 6.55. The first-order valence-corrected chi connectivity index (χ1v) is 7.08. The van der Waals surface area contributed by atoms with Crippen LogP contribution in [0.15, 0.2) is 58.6 Å². The van der Waals surface area contributed by atoms with Crippen molar-refractivity contribution in [3.63, 3.8) is 0 Å². The Morgan fingerprint density at radius 3 is 2.81 bits per heavy atom. The predicted octanol–water partition coefficient (Wildman–Crippen LogP) is 3.89. The first-order chi connectivity index (χ1) is 10.3. The topological polar surface area (TPSA) is 44.5 Å². The van der Waals surface area contributed by atoms with E-state index in [1.165, 1.54) is 5.56 Å². The lowest BCUT2D eigenvalue weighted by Crippen LogP contribution is -1.96. The second-order valence-corrected chi connectivity index (χ2v) is 4.82. The van der Waals surface area contributed by atoms with E-state index in [1.54, 1.807) is 12.5 Å². The van der Waals surface area contributed by atoms with E-state index in [0.717, 1.165) is 5.57 Å². The molecule has 0 saturated carbocycles. The van der Waals surface area contributed by atoms with Crippen LogP contribution in [0.4, 0.5) is 0 Å². The SMILES string of the molecule is ClCc1coc(C=C(Cc2ccccc2)C2=COCO2)n1. The standard InChI is InChI=1S/C16H14ClNO3/c17-8-14-9-20-16(18-14)7-13(15-10-19-11-21-15)6-12-4-2-1-3-5-12/h1-5,7,9-10H,6,8,11H2. The molecule has 2 heterocycles. The summed E-state index contributed by atoms with van der Waals surface area (Å²) in [4.78, 5) is 4.28. The number of oxazole rings is 1. The normalized spacial score (nSPS) is 14.5. The minimum Gasteiger partial charge on any atom is -0.461 e. The maximum Gasteiger partial charge on any atom is 0.230 e. The fraction of sp³-hybridized carbons (Fsp3) is 0.188. The van der Waals surface area contributed by atoms with E-state index in [-0.39, 0.29) is 6.79 Å². The van der Waals surface area contributed by atoms with Crippen LogP contribution in [0.25, 0.3) is 6.08 Å². The van der Waals surface area contributed by atoms with Gasteiger partial charge in [-0.3, -0.25) is 0 Å². The van der Waals surface area contributed by atoms with Crippen molar-refractivity contribution in [2.24, 2.45) is 0 Å². The first kappa shape index (κ1) is 13.8. The van der Waals surface area contributed by atoms with Crippen LogP contribution in [-0.4, -0.2) is 11.8 Å². The van der Waals surface area contributed by atoms with Crippen LogP contribution in [0.3, 0.4) is 0 Å². The fourth-order valence-electron chi connectivity index (χ4n) is 2.03. The average molecular weight is 304 g/mol. The van der Waals surface area contributed by atoms with Gasteiger partial charge in [0.15, 0.2) is 5.76 Å². The molecule has 0 saturated heterocycles. The van der Waals surface area contributed by atoms with Gasteiger partial charge in [0.1, 0.15) is 12.5 Å². The Bertz CT molecular complexity index is 661. The molecule has 0 amide bonds. The Balaban J connectivity index is 1.88. The smallest absolute Gasteiger partial charge is 0.230 e. The number of ether oxygens (including phenoxy) is 2. The Morgan fingerprint density at radius 2 is 2.14 bits per heavy atom. The molecule has 0 unspecified atom stereocenters. The number of hydrogen-bond donors (Lipinski definition) is 0.